The molecule has 26 heavy (non-hydrogen) atoms. The van der Waals surface area contributed by atoms with Crippen molar-refractivity contribution in [1.29, 1.82) is 10.7 Å². The van der Waals surface area contributed by atoms with Gasteiger partial charge in [-0.25, -0.2) is 9.97 Å². The number of nitrogens with one attached hydrogen (secondary N) is 2. The normalized spacial score (nSPS) is 10.7. The van der Waals surface area contributed by atoms with E-state index in [-0.39, 0.29) is 5.49 Å². The van der Waals surface area contributed by atoms with E-state index in [0.717, 1.165) is 4.90 Å². The second kappa shape index (κ2) is 7.93. The zero-order valence-corrected chi connectivity index (χ0v) is 15.3. The Morgan fingerprint density at radius 1 is 1.35 bits per heavy atom. The van der Waals surface area contributed by atoms with Crippen LogP contribution in [0.15, 0.2) is 34.6 Å². The van der Waals surface area contributed by atoms with Crippen molar-refractivity contribution in [2.24, 2.45) is 0 Å². The first kappa shape index (κ1) is 17.8. The number of ether oxygens (including phenoxy) is 2. The average molecular weight is 370 g/mol. The summed E-state index contributed by atoms with van der Waals surface area (Å²) in [5.74, 6) is 1.39. The number of hydrogen-bond acceptors (Lipinski definition) is 7. The van der Waals surface area contributed by atoms with Crippen molar-refractivity contribution < 1.29 is 9.47 Å². The van der Waals surface area contributed by atoms with Gasteiger partial charge in [-0.3, -0.25) is 5.41 Å². The van der Waals surface area contributed by atoms with E-state index in [1.54, 1.807) is 20.5 Å². The number of rotatable bonds is 7. The Morgan fingerprint density at radius 3 is 2.92 bits per heavy atom. The molecule has 0 aliphatic heterocycles. The van der Waals surface area contributed by atoms with Gasteiger partial charge in [0.2, 0.25) is 0 Å². The molecule has 2 heterocycles. The molecule has 0 fully saturated rings. The van der Waals surface area contributed by atoms with Gasteiger partial charge in [-0.1, -0.05) is 0 Å². The van der Waals surface area contributed by atoms with E-state index in [4.69, 9.17) is 20.1 Å². The lowest BCUT2D eigenvalue weighted by atomic mass is 10.3. The lowest BCUT2D eigenvalue weighted by Crippen LogP contribution is -2.12. The molecular weight excluding hydrogens is 352 g/mol. The Balaban J connectivity index is 1.94. The monoisotopic (exact) mass is 370 g/mol. The van der Waals surface area contributed by atoms with Crippen LogP contribution < -0.4 is 15.0 Å². The maximum atomic E-state index is 8.71. The van der Waals surface area contributed by atoms with Crippen LogP contribution in [0.2, 0.25) is 0 Å². The largest absolute Gasteiger partial charge is 0.497 e. The fraction of sp³-hybridized carbons (Fsp3) is 0.294. The summed E-state index contributed by atoms with van der Waals surface area (Å²) in [6.07, 6.45) is 2.76. The molecule has 134 valence electrons. The molecular formula is C17H18N6O2S. The van der Waals surface area contributed by atoms with Gasteiger partial charge in [0, 0.05) is 19.0 Å². The fourth-order valence-corrected chi connectivity index (χ4v) is 3.34. The minimum absolute atomic E-state index is 0.137. The van der Waals surface area contributed by atoms with E-state index in [0.29, 0.717) is 47.2 Å². The molecule has 2 aromatic heterocycles. The SMILES string of the molecule is COc1ccc(Sc2nc3c([nH]2)c(=N)ncn3CCCC#N)c(OC)c1. The van der Waals surface area contributed by atoms with E-state index in [9.17, 15) is 0 Å². The molecule has 0 amide bonds. The Kier molecular flexibility index (Phi) is 5.43. The number of H-pyrrole nitrogens is 1. The minimum Gasteiger partial charge on any atom is -0.497 e. The Labute approximate surface area is 154 Å². The smallest absolute Gasteiger partial charge is 0.173 e. The van der Waals surface area contributed by atoms with Gasteiger partial charge in [-0.2, -0.15) is 5.26 Å². The minimum atomic E-state index is 0.137. The molecule has 0 saturated heterocycles. The highest BCUT2D eigenvalue weighted by Crippen LogP contribution is 2.36. The number of fused-ring (bicyclic) bond motifs is 1. The standard InChI is InChI=1S/C17H18N6O2S/c1-24-11-5-6-13(12(9-11)25-2)26-17-21-14-15(19)20-10-23(16(14)22-17)8-4-3-7-18/h5-6,9-10,19H,3-4,8H2,1-2H3,(H,21,22). The van der Waals surface area contributed by atoms with Gasteiger partial charge >= 0.3 is 0 Å². The van der Waals surface area contributed by atoms with Crippen LogP contribution in [0, 0.1) is 16.7 Å². The van der Waals surface area contributed by atoms with E-state index < -0.39 is 0 Å². The van der Waals surface area contributed by atoms with Crippen LogP contribution in [0.25, 0.3) is 11.2 Å². The van der Waals surface area contributed by atoms with Gasteiger partial charge in [-0.15, -0.1) is 0 Å². The Morgan fingerprint density at radius 2 is 2.19 bits per heavy atom. The molecule has 0 aliphatic carbocycles. The zero-order valence-electron chi connectivity index (χ0n) is 14.4. The van der Waals surface area contributed by atoms with E-state index in [2.05, 4.69) is 21.0 Å². The molecule has 3 rings (SSSR count). The number of aryl methyl sites for hydroxylation is 1. The molecule has 0 unspecified atom stereocenters. The van der Waals surface area contributed by atoms with Crippen LogP contribution in [0.5, 0.6) is 11.5 Å². The third-order valence-corrected chi connectivity index (χ3v) is 4.71. The number of nitriles is 1. The molecule has 0 spiro atoms. The van der Waals surface area contributed by atoms with E-state index in [1.165, 1.54) is 11.8 Å². The van der Waals surface area contributed by atoms with Gasteiger partial charge in [0.1, 0.15) is 17.0 Å². The maximum Gasteiger partial charge on any atom is 0.173 e. The molecule has 0 bridgehead atoms. The van der Waals surface area contributed by atoms with Crippen molar-refractivity contribution in [3.05, 3.63) is 30.0 Å². The summed E-state index contributed by atoms with van der Waals surface area (Å²) >= 11 is 1.41. The molecule has 0 aliphatic rings. The van der Waals surface area contributed by atoms with Crippen LogP contribution in [0.1, 0.15) is 12.8 Å². The van der Waals surface area contributed by atoms with Crippen molar-refractivity contribution in [2.75, 3.05) is 14.2 Å². The third-order valence-electron chi connectivity index (χ3n) is 3.76. The predicted molar refractivity (Wildman–Crippen MR) is 96.2 cm³/mol. The first-order chi connectivity index (χ1) is 12.7. The molecule has 0 saturated carbocycles. The second-order valence-corrected chi connectivity index (χ2v) is 6.44. The topological polar surface area (TPSA) is 113 Å². The fourth-order valence-electron chi connectivity index (χ4n) is 2.47. The number of unbranched alkanes of at least 4 members (excludes halogenated alkanes) is 1. The average Bonchev–Trinajstić information content (AvgIpc) is 3.09. The summed E-state index contributed by atoms with van der Waals surface area (Å²) < 4.78 is 12.5. The summed E-state index contributed by atoms with van der Waals surface area (Å²) in [7, 11) is 3.21. The summed E-state index contributed by atoms with van der Waals surface area (Å²) in [4.78, 5) is 12.7. The van der Waals surface area contributed by atoms with Gasteiger partial charge in [0.05, 0.1) is 31.5 Å². The highest BCUT2D eigenvalue weighted by atomic mass is 32.2. The van der Waals surface area contributed by atoms with Gasteiger partial charge in [0.15, 0.2) is 16.3 Å². The summed E-state index contributed by atoms with van der Waals surface area (Å²) in [5.41, 5.74) is 1.36. The first-order valence-corrected chi connectivity index (χ1v) is 8.74. The molecule has 9 heteroatoms. The van der Waals surface area contributed by atoms with Crippen molar-refractivity contribution in [3.63, 3.8) is 0 Å². The second-order valence-electron chi connectivity index (χ2n) is 5.41. The van der Waals surface area contributed by atoms with E-state index >= 15 is 0 Å². The van der Waals surface area contributed by atoms with Crippen LogP contribution in [-0.4, -0.2) is 33.7 Å². The zero-order chi connectivity index (χ0) is 18.5. The molecule has 0 radical (unpaired) electrons. The molecule has 3 aromatic rings. The van der Waals surface area contributed by atoms with Crippen LogP contribution in [0.4, 0.5) is 0 Å². The predicted octanol–water partition coefficient (Wildman–Crippen LogP) is 2.71. The molecule has 0 atom stereocenters. The molecule has 8 nitrogen and oxygen atoms in total. The molecule has 2 N–H and O–H groups in total. The first-order valence-electron chi connectivity index (χ1n) is 7.93. The van der Waals surface area contributed by atoms with E-state index in [1.807, 2.05) is 22.8 Å². The van der Waals surface area contributed by atoms with Gasteiger partial charge in [-0.05, 0) is 30.3 Å². The highest BCUT2D eigenvalue weighted by Gasteiger charge is 2.13. The summed E-state index contributed by atoms with van der Waals surface area (Å²) in [6, 6.07) is 7.69. The lowest BCUT2D eigenvalue weighted by molar-refractivity contribution is 0.387. The van der Waals surface area contributed by atoms with Crippen LogP contribution in [-0.2, 0) is 6.54 Å². The highest BCUT2D eigenvalue weighted by molar-refractivity contribution is 7.99. The quantitative estimate of drug-likeness (QED) is 0.618. The molecule has 1 aromatic carbocycles. The maximum absolute atomic E-state index is 8.71. The number of imidazole rings is 1. The van der Waals surface area contributed by atoms with Crippen molar-refractivity contribution in [1.82, 2.24) is 19.5 Å². The van der Waals surface area contributed by atoms with Crippen LogP contribution >= 0.6 is 11.8 Å². The number of hydrogen-bond donors (Lipinski definition) is 2. The number of nitrogens with zero attached hydrogens (tertiary/aromatic N) is 4. The summed E-state index contributed by atoms with van der Waals surface area (Å²) in [5, 5.41) is 17.3. The Bertz CT molecular complexity index is 1020. The number of aromatic amines is 1. The number of methoxy groups -OCH3 is 2. The summed E-state index contributed by atoms with van der Waals surface area (Å²) in [6.45, 7) is 0.623. The lowest BCUT2D eigenvalue weighted by Gasteiger charge is -2.08. The van der Waals surface area contributed by atoms with Crippen LogP contribution in [0.3, 0.4) is 0 Å². The number of benzene rings is 1. The van der Waals surface area contributed by atoms with Crippen molar-refractivity contribution in [3.8, 4) is 17.6 Å². The van der Waals surface area contributed by atoms with Crippen molar-refractivity contribution in [2.45, 2.75) is 29.4 Å². The van der Waals surface area contributed by atoms with Gasteiger partial charge < -0.3 is 19.0 Å². The number of aromatic nitrogens is 4. The van der Waals surface area contributed by atoms with Crippen molar-refractivity contribution >= 4 is 22.9 Å². The third kappa shape index (κ3) is 3.65. The van der Waals surface area contributed by atoms with Gasteiger partial charge in [0.25, 0.3) is 0 Å². The Hall–Kier alpha value is -2.99.